The summed E-state index contributed by atoms with van der Waals surface area (Å²) in [4.78, 5) is 36.0. The Morgan fingerprint density at radius 1 is 1.24 bits per heavy atom. The van der Waals surface area contributed by atoms with Gasteiger partial charge in [0.05, 0.1) is 18.5 Å². The smallest absolute Gasteiger partial charge is 0.262 e. The van der Waals surface area contributed by atoms with Crippen LogP contribution in [0.3, 0.4) is 0 Å². The van der Waals surface area contributed by atoms with Crippen molar-refractivity contribution in [1.82, 2.24) is 14.5 Å². The van der Waals surface area contributed by atoms with Gasteiger partial charge in [0, 0.05) is 28.8 Å². The minimum absolute atomic E-state index is 0.000849. The van der Waals surface area contributed by atoms with E-state index < -0.39 is 0 Å². The Labute approximate surface area is 173 Å². The average Bonchev–Trinajstić information content (AvgIpc) is 3.23. The summed E-state index contributed by atoms with van der Waals surface area (Å²) in [6.45, 7) is 8.93. The van der Waals surface area contributed by atoms with E-state index in [1.54, 1.807) is 22.1 Å². The van der Waals surface area contributed by atoms with E-state index in [9.17, 15) is 9.59 Å². The van der Waals surface area contributed by atoms with Crippen molar-refractivity contribution in [3.05, 3.63) is 54.8 Å². The molecule has 0 saturated heterocycles. The van der Waals surface area contributed by atoms with Gasteiger partial charge in [-0.2, -0.15) is 0 Å². The zero-order chi connectivity index (χ0) is 20.7. The van der Waals surface area contributed by atoms with E-state index >= 15 is 0 Å². The number of hydrogen-bond acceptors (Lipinski definition) is 5. The van der Waals surface area contributed by atoms with Crippen LogP contribution in [0, 0.1) is 5.92 Å². The van der Waals surface area contributed by atoms with Crippen molar-refractivity contribution in [3.63, 3.8) is 0 Å². The molecule has 3 heterocycles. The van der Waals surface area contributed by atoms with Crippen molar-refractivity contribution in [2.45, 2.75) is 59.4 Å². The number of fused-ring (bicyclic) bond motifs is 3. The molecule has 7 heteroatoms. The summed E-state index contributed by atoms with van der Waals surface area (Å²) in [5.74, 6) is 1.50. The molecule has 1 aliphatic rings. The minimum Gasteiger partial charge on any atom is -0.488 e. The molecule has 0 saturated carbocycles. The van der Waals surface area contributed by atoms with Crippen LogP contribution in [-0.4, -0.2) is 21.1 Å². The fourth-order valence-corrected chi connectivity index (χ4v) is 5.08. The van der Waals surface area contributed by atoms with Gasteiger partial charge >= 0.3 is 0 Å². The van der Waals surface area contributed by atoms with Crippen LogP contribution in [0.5, 0.6) is 5.75 Å². The minimum atomic E-state index is -0.177. The summed E-state index contributed by atoms with van der Waals surface area (Å²) in [5, 5.41) is 0.770. The summed E-state index contributed by atoms with van der Waals surface area (Å²) in [6, 6.07) is 1.52. The monoisotopic (exact) mass is 413 g/mol. The average molecular weight is 414 g/mol. The molecule has 0 amide bonds. The first-order valence-electron chi connectivity index (χ1n) is 10.2. The molecule has 3 aromatic heterocycles. The molecule has 1 aliphatic carbocycles. The van der Waals surface area contributed by atoms with E-state index in [0.717, 1.165) is 35.3 Å². The number of nitrogens with zero attached hydrogens (tertiary/aromatic N) is 2. The lowest BCUT2D eigenvalue weighted by Crippen LogP contribution is -2.27. The van der Waals surface area contributed by atoms with Gasteiger partial charge in [-0.3, -0.25) is 14.2 Å². The highest BCUT2D eigenvalue weighted by Crippen LogP contribution is 2.35. The number of hydrogen-bond donors (Lipinski definition) is 1. The fraction of sp³-hybridized carbons (Fsp3) is 0.500. The molecule has 1 N–H and O–H groups in total. The van der Waals surface area contributed by atoms with Crippen LogP contribution in [0.2, 0.25) is 0 Å². The molecule has 3 aromatic rings. The largest absolute Gasteiger partial charge is 0.488 e. The van der Waals surface area contributed by atoms with Gasteiger partial charge in [0.25, 0.3) is 5.56 Å². The molecule has 154 valence electrons. The normalized spacial score (nSPS) is 13.6. The van der Waals surface area contributed by atoms with Crippen LogP contribution in [0.1, 0.15) is 62.0 Å². The molecule has 0 unspecified atom stereocenters. The Morgan fingerprint density at radius 2 is 2.03 bits per heavy atom. The number of pyridine rings is 1. The number of H-pyrrole nitrogens is 1. The van der Waals surface area contributed by atoms with Gasteiger partial charge in [-0.25, -0.2) is 4.98 Å². The maximum Gasteiger partial charge on any atom is 0.262 e. The van der Waals surface area contributed by atoms with E-state index in [0.29, 0.717) is 30.5 Å². The summed E-state index contributed by atoms with van der Waals surface area (Å²) in [6.07, 6.45) is 4.69. The van der Waals surface area contributed by atoms with Gasteiger partial charge in [0.1, 0.15) is 10.7 Å². The van der Waals surface area contributed by atoms with E-state index in [1.165, 1.54) is 16.5 Å². The summed E-state index contributed by atoms with van der Waals surface area (Å²) in [7, 11) is 0. The first-order valence-corrected chi connectivity index (χ1v) is 11.1. The van der Waals surface area contributed by atoms with Crippen molar-refractivity contribution in [1.29, 1.82) is 0 Å². The third kappa shape index (κ3) is 3.75. The second kappa shape index (κ2) is 7.78. The van der Waals surface area contributed by atoms with E-state index in [4.69, 9.17) is 9.72 Å². The molecule has 0 bridgehead atoms. The lowest BCUT2D eigenvalue weighted by molar-refractivity contribution is 0.267. The fourth-order valence-electron chi connectivity index (χ4n) is 3.82. The first kappa shape index (κ1) is 19.9. The second-order valence-electron chi connectivity index (χ2n) is 8.45. The molecule has 0 fully saturated rings. The van der Waals surface area contributed by atoms with Crippen molar-refractivity contribution in [3.8, 4) is 5.75 Å². The van der Waals surface area contributed by atoms with E-state index in [-0.39, 0.29) is 16.9 Å². The van der Waals surface area contributed by atoms with Gasteiger partial charge in [-0.05, 0) is 30.7 Å². The zero-order valence-electron chi connectivity index (χ0n) is 17.4. The predicted molar refractivity (Wildman–Crippen MR) is 116 cm³/mol. The third-order valence-corrected chi connectivity index (χ3v) is 6.39. The van der Waals surface area contributed by atoms with Gasteiger partial charge in [0.2, 0.25) is 5.43 Å². The van der Waals surface area contributed by atoms with Gasteiger partial charge in [-0.1, -0.05) is 27.7 Å². The molecule has 6 nitrogen and oxygen atoms in total. The van der Waals surface area contributed by atoms with Crippen LogP contribution < -0.4 is 15.7 Å². The van der Waals surface area contributed by atoms with Crippen LogP contribution in [0.4, 0.5) is 0 Å². The number of ether oxygens (including phenoxy) is 1. The maximum absolute atomic E-state index is 13.4. The van der Waals surface area contributed by atoms with Crippen molar-refractivity contribution in [2.24, 2.45) is 5.92 Å². The number of nitrogens with one attached hydrogen (secondary N) is 1. The van der Waals surface area contributed by atoms with E-state index in [1.807, 2.05) is 27.7 Å². The highest BCUT2D eigenvalue weighted by Gasteiger charge is 2.24. The predicted octanol–water partition coefficient (Wildman–Crippen LogP) is 3.84. The number of aromatic amines is 1. The number of aromatic nitrogens is 3. The SMILES string of the molecule is CC(C)COc1c[nH]c(Cn2c(C(C)C)nc3sc4c(c3c2=O)CCC4)cc1=O. The molecule has 0 atom stereocenters. The Bertz CT molecular complexity index is 1170. The quantitative estimate of drug-likeness (QED) is 0.666. The number of thiophene rings is 1. The molecule has 0 radical (unpaired) electrons. The molecule has 29 heavy (non-hydrogen) atoms. The van der Waals surface area contributed by atoms with Crippen LogP contribution in [-0.2, 0) is 19.4 Å². The summed E-state index contributed by atoms with van der Waals surface area (Å²) < 4.78 is 7.28. The topological polar surface area (TPSA) is 77.0 Å². The van der Waals surface area contributed by atoms with Crippen LogP contribution in [0.15, 0.2) is 21.9 Å². The molecular formula is C22H27N3O3S. The highest BCUT2D eigenvalue weighted by molar-refractivity contribution is 7.18. The summed E-state index contributed by atoms with van der Waals surface area (Å²) in [5.41, 5.74) is 1.67. The molecule has 0 aromatic carbocycles. The Balaban J connectivity index is 1.75. The molecular weight excluding hydrogens is 386 g/mol. The van der Waals surface area contributed by atoms with Crippen molar-refractivity contribution >= 4 is 21.6 Å². The van der Waals surface area contributed by atoms with Crippen LogP contribution in [0.25, 0.3) is 10.2 Å². The first-order chi connectivity index (χ1) is 13.8. The van der Waals surface area contributed by atoms with Gasteiger partial charge in [-0.15, -0.1) is 11.3 Å². The van der Waals surface area contributed by atoms with Crippen molar-refractivity contribution < 1.29 is 4.74 Å². The highest BCUT2D eigenvalue weighted by atomic mass is 32.1. The maximum atomic E-state index is 13.4. The summed E-state index contributed by atoms with van der Waals surface area (Å²) >= 11 is 1.66. The Kier molecular flexibility index (Phi) is 5.34. The molecule has 0 spiro atoms. The molecule has 0 aliphatic heterocycles. The van der Waals surface area contributed by atoms with Gasteiger partial charge < -0.3 is 9.72 Å². The number of rotatable bonds is 6. The Hall–Kier alpha value is -2.41. The van der Waals surface area contributed by atoms with E-state index in [2.05, 4.69) is 4.98 Å². The lowest BCUT2D eigenvalue weighted by Gasteiger charge is -2.15. The zero-order valence-corrected chi connectivity index (χ0v) is 18.2. The van der Waals surface area contributed by atoms with Crippen LogP contribution >= 0.6 is 11.3 Å². The lowest BCUT2D eigenvalue weighted by atomic mass is 10.1. The molecule has 4 rings (SSSR count). The Morgan fingerprint density at radius 3 is 2.72 bits per heavy atom. The van der Waals surface area contributed by atoms with Gasteiger partial charge in [0.15, 0.2) is 5.75 Å². The number of aryl methyl sites for hydroxylation is 2. The second-order valence-corrected chi connectivity index (χ2v) is 9.53. The third-order valence-electron chi connectivity index (χ3n) is 5.21. The van der Waals surface area contributed by atoms with Crippen molar-refractivity contribution in [2.75, 3.05) is 6.61 Å². The standard InChI is InChI=1S/C22H27N3O3S/c1-12(2)11-28-17-9-23-14(8-16(17)26)10-25-20(13(3)4)24-21-19(22(25)27)15-6-5-7-18(15)29-21/h8-9,12-13H,5-7,10-11H2,1-4H3,(H,23,26).